The van der Waals surface area contributed by atoms with Crippen molar-refractivity contribution in [2.75, 3.05) is 0 Å². The summed E-state index contributed by atoms with van der Waals surface area (Å²) >= 11 is 6.21. The Hall–Kier alpha value is -2.37. The number of hydrogen-bond donors (Lipinski definition) is 0. The van der Waals surface area contributed by atoms with E-state index in [9.17, 15) is 5.26 Å². The topological polar surface area (TPSA) is 36.7 Å². The summed E-state index contributed by atoms with van der Waals surface area (Å²) in [5.74, 6) is 0. The summed E-state index contributed by atoms with van der Waals surface area (Å²) in [6.45, 7) is 2.18. The number of pyridine rings is 1. The first-order valence-corrected chi connectivity index (χ1v) is 8.70. The number of nitriles is 1. The summed E-state index contributed by atoms with van der Waals surface area (Å²) in [4.78, 5) is 4.76. The lowest BCUT2D eigenvalue weighted by atomic mass is 9.93. The largest absolute Gasteiger partial charge is 0.251 e. The third-order valence-electron chi connectivity index (χ3n) is 4.21. The van der Waals surface area contributed by atoms with Gasteiger partial charge in [-0.05, 0) is 36.6 Å². The molecule has 2 nitrogen and oxygen atoms in total. The van der Waals surface area contributed by atoms with Crippen LogP contribution in [0, 0.1) is 11.3 Å². The second-order valence-corrected chi connectivity index (χ2v) is 6.34. The fourth-order valence-electron chi connectivity index (χ4n) is 3.03. The molecule has 24 heavy (non-hydrogen) atoms. The third kappa shape index (κ3) is 3.27. The van der Waals surface area contributed by atoms with Crippen molar-refractivity contribution >= 4 is 22.5 Å². The predicted octanol–water partition coefficient (Wildman–Crippen LogP) is 6.16. The Kier molecular flexibility index (Phi) is 5.13. The molecule has 0 saturated heterocycles. The van der Waals surface area contributed by atoms with Gasteiger partial charge in [-0.1, -0.05) is 61.7 Å². The minimum atomic E-state index is 0.657. The van der Waals surface area contributed by atoms with E-state index in [1.165, 1.54) is 0 Å². The average molecular weight is 335 g/mol. The van der Waals surface area contributed by atoms with E-state index in [-0.39, 0.29) is 0 Å². The fourth-order valence-corrected chi connectivity index (χ4v) is 3.21. The van der Waals surface area contributed by atoms with Crippen molar-refractivity contribution in [1.82, 2.24) is 4.98 Å². The number of unbranched alkanes of at least 4 members (excludes halogenated alkanes) is 2. The fraction of sp³-hybridized carbons (Fsp3) is 0.238. The van der Waals surface area contributed by atoms with Crippen LogP contribution in [0.25, 0.3) is 22.0 Å². The van der Waals surface area contributed by atoms with Crippen molar-refractivity contribution in [2.24, 2.45) is 0 Å². The van der Waals surface area contributed by atoms with Gasteiger partial charge in [0.05, 0.1) is 16.8 Å². The maximum absolute atomic E-state index is 9.82. The Morgan fingerprint density at radius 2 is 1.88 bits per heavy atom. The Labute approximate surface area is 147 Å². The zero-order valence-electron chi connectivity index (χ0n) is 13.7. The molecule has 1 heterocycles. The molecular formula is C21H19ClN2. The van der Waals surface area contributed by atoms with Gasteiger partial charge in [-0.3, -0.25) is 4.98 Å². The Morgan fingerprint density at radius 1 is 1.08 bits per heavy atom. The Bertz CT molecular complexity index is 895. The molecule has 1 aromatic heterocycles. The standard InChI is InChI=1S/C21H19ClN2/c1-2-3-5-10-19-18(14-23)21(15-8-6-4-7-9-15)17-13-16(22)11-12-20(17)24-19/h4,6-9,11-13H,2-3,5,10H2,1H3. The van der Waals surface area contributed by atoms with Gasteiger partial charge in [-0.2, -0.15) is 5.26 Å². The van der Waals surface area contributed by atoms with Crippen LogP contribution in [-0.2, 0) is 6.42 Å². The van der Waals surface area contributed by atoms with E-state index in [0.29, 0.717) is 10.6 Å². The van der Waals surface area contributed by atoms with Gasteiger partial charge in [0.1, 0.15) is 6.07 Å². The minimum absolute atomic E-state index is 0.657. The van der Waals surface area contributed by atoms with Gasteiger partial charge in [0.15, 0.2) is 0 Å². The zero-order chi connectivity index (χ0) is 16.9. The lowest BCUT2D eigenvalue weighted by Gasteiger charge is -2.13. The molecule has 0 unspecified atom stereocenters. The summed E-state index contributed by atoms with van der Waals surface area (Å²) in [5.41, 5.74) is 4.42. The van der Waals surface area contributed by atoms with Gasteiger partial charge >= 0.3 is 0 Å². The smallest absolute Gasteiger partial charge is 0.102 e. The molecule has 0 saturated carbocycles. The summed E-state index contributed by atoms with van der Waals surface area (Å²) in [6.07, 6.45) is 4.17. The Morgan fingerprint density at radius 3 is 2.58 bits per heavy atom. The summed E-state index contributed by atoms with van der Waals surface area (Å²) in [5, 5.41) is 11.4. The first kappa shape index (κ1) is 16.5. The van der Waals surface area contributed by atoms with E-state index < -0.39 is 0 Å². The highest BCUT2D eigenvalue weighted by Crippen LogP contribution is 2.34. The first-order chi connectivity index (χ1) is 11.7. The molecule has 0 aliphatic heterocycles. The van der Waals surface area contributed by atoms with Crippen LogP contribution in [0.3, 0.4) is 0 Å². The quantitative estimate of drug-likeness (QED) is 0.524. The van der Waals surface area contributed by atoms with Crippen LogP contribution < -0.4 is 0 Å². The molecule has 0 aliphatic rings. The molecule has 120 valence electrons. The van der Waals surface area contributed by atoms with Crippen LogP contribution in [0.5, 0.6) is 0 Å². The van der Waals surface area contributed by atoms with Crippen molar-refractivity contribution in [3.63, 3.8) is 0 Å². The van der Waals surface area contributed by atoms with Gasteiger partial charge in [-0.25, -0.2) is 0 Å². The second kappa shape index (κ2) is 7.47. The number of fused-ring (bicyclic) bond motifs is 1. The van der Waals surface area contributed by atoms with Crippen LogP contribution in [0.1, 0.15) is 37.4 Å². The van der Waals surface area contributed by atoms with Crippen LogP contribution in [-0.4, -0.2) is 4.98 Å². The lowest BCUT2D eigenvalue weighted by Crippen LogP contribution is -2.00. The van der Waals surface area contributed by atoms with Gasteiger partial charge in [0.2, 0.25) is 0 Å². The molecule has 3 rings (SSSR count). The van der Waals surface area contributed by atoms with Gasteiger partial charge in [-0.15, -0.1) is 0 Å². The number of aryl methyl sites for hydroxylation is 1. The number of halogens is 1. The summed E-state index contributed by atoms with van der Waals surface area (Å²) < 4.78 is 0. The van der Waals surface area contributed by atoms with Crippen molar-refractivity contribution in [3.8, 4) is 17.2 Å². The first-order valence-electron chi connectivity index (χ1n) is 8.32. The molecule has 0 N–H and O–H groups in total. The second-order valence-electron chi connectivity index (χ2n) is 5.90. The lowest BCUT2D eigenvalue weighted by molar-refractivity contribution is 0.708. The maximum atomic E-state index is 9.82. The molecule has 0 spiro atoms. The molecule has 0 radical (unpaired) electrons. The zero-order valence-corrected chi connectivity index (χ0v) is 14.5. The van der Waals surface area contributed by atoms with E-state index in [1.807, 2.05) is 48.5 Å². The van der Waals surface area contributed by atoms with Gasteiger partial charge in [0.25, 0.3) is 0 Å². The maximum Gasteiger partial charge on any atom is 0.102 e. The number of aromatic nitrogens is 1. The molecule has 0 atom stereocenters. The molecule has 3 heteroatoms. The van der Waals surface area contributed by atoms with Crippen molar-refractivity contribution in [3.05, 3.63) is 64.8 Å². The number of rotatable bonds is 5. The third-order valence-corrected chi connectivity index (χ3v) is 4.45. The molecule has 2 aromatic carbocycles. The van der Waals surface area contributed by atoms with E-state index in [2.05, 4.69) is 13.0 Å². The molecule has 0 amide bonds. The van der Waals surface area contributed by atoms with E-state index in [0.717, 1.165) is 53.4 Å². The Balaban J connectivity index is 2.28. The minimum Gasteiger partial charge on any atom is -0.251 e. The predicted molar refractivity (Wildman–Crippen MR) is 100 cm³/mol. The average Bonchev–Trinajstić information content (AvgIpc) is 2.61. The molecular weight excluding hydrogens is 316 g/mol. The SMILES string of the molecule is CCCCCc1nc2ccc(Cl)cc2c(-c2ccccc2)c1C#N. The monoisotopic (exact) mass is 334 g/mol. The number of hydrogen-bond acceptors (Lipinski definition) is 2. The van der Waals surface area contributed by atoms with Crippen molar-refractivity contribution in [2.45, 2.75) is 32.6 Å². The highest BCUT2D eigenvalue weighted by atomic mass is 35.5. The normalized spacial score (nSPS) is 10.7. The number of benzene rings is 2. The van der Waals surface area contributed by atoms with Crippen LogP contribution in [0.4, 0.5) is 0 Å². The van der Waals surface area contributed by atoms with Crippen LogP contribution >= 0.6 is 11.6 Å². The highest BCUT2D eigenvalue weighted by Gasteiger charge is 2.16. The van der Waals surface area contributed by atoms with Crippen molar-refractivity contribution < 1.29 is 0 Å². The molecule has 0 bridgehead atoms. The van der Waals surface area contributed by atoms with Gasteiger partial charge < -0.3 is 0 Å². The highest BCUT2D eigenvalue weighted by molar-refractivity contribution is 6.31. The summed E-state index contributed by atoms with van der Waals surface area (Å²) in [6, 6.07) is 18.1. The van der Waals surface area contributed by atoms with E-state index >= 15 is 0 Å². The molecule has 0 aliphatic carbocycles. The van der Waals surface area contributed by atoms with Crippen LogP contribution in [0.15, 0.2) is 48.5 Å². The summed E-state index contributed by atoms with van der Waals surface area (Å²) in [7, 11) is 0. The van der Waals surface area contributed by atoms with Gasteiger partial charge in [0, 0.05) is 16.0 Å². The number of nitrogens with zero attached hydrogens (tertiary/aromatic N) is 2. The van der Waals surface area contributed by atoms with Crippen molar-refractivity contribution in [1.29, 1.82) is 5.26 Å². The van der Waals surface area contributed by atoms with E-state index in [4.69, 9.17) is 16.6 Å². The molecule has 0 fully saturated rings. The molecule has 3 aromatic rings. The van der Waals surface area contributed by atoms with E-state index in [1.54, 1.807) is 0 Å². The van der Waals surface area contributed by atoms with Crippen LogP contribution in [0.2, 0.25) is 5.02 Å².